The van der Waals surface area contributed by atoms with E-state index < -0.39 is 0 Å². The smallest absolute Gasteiger partial charge is 0.317 e. The van der Waals surface area contributed by atoms with Gasteiger partial charge in [-0.05, 0) is 18.8 Å². The molecule has 0 aromatic carbocycles. The van der Waals surface area contributed by atoms with Gasteiger partial charge in [0, 0.05) is 19.6 Å². The number of amides is 2. The number of urea groups is 1. The van der Waals surface area contributed by atoms with E-state index in [0.717, 1.165) is 26.1 Å². The van der Waals surface area contributed by atoms with Gasteiger partial charge in [-0.2, -0.15) is 0 Å². The van der Waals surface area contributed by atoms with Crippen LogP contribution >= 0.6 is 0 Å². The first-order valence-corrected chi connectivity index (χ1v) is 5.80. The highest BCUT2D eigenvalue weighted by molar-refractivity contribution is 5.74. The minimum atomic E-state index is 0.0575. The van der Waals surface area contributed by atoms with Crippen molar-refractivity contribution in [3.63, 3.8) is 0 Å². The van der Waals surface area contributed by atoms with Crippen LogP contribution in [0.1, 0.15) is 26.7 Å². The molecule has 2 amide bonds. The monoisotopic (exact) mass is 214 g/mol. The lowest BCUT2D eigenvalue weighted by Crippen LogP contribution is -2.46. The Morgan fingerprint density at radius 2 is 2.07 bits per heavy atom. The first-order valence-electron chi connectivity index (χ1n) is 5.80. The largest absolute Gasteiger partial charge is 0.378 e. The average Bonchev–Trinajstić information content (AvgIpc) is 2.25. The Hall–Kier alpha value is -0.770. The predicted octanol–water partition coefficient (Wildman–Crippen LogP) is 1.46. The van der Waals surface area contributed by atoms with Crippen LogP contribution in [0.15, 0.2) is 0 Å². The third-order valence-corrected chi connectivity index (χ3v) is 2.53. The van der Waals surface area contributed by atoms with Crippen LogP contribution < -0.4 is 5.32 Å². The lowest BCUT2D eigenvalue weighted by atomic mass is 10.1. The molecule has 1 rings (SSSR count). The van der Waals surface area contributed by atoms with E-state index in [0.29, 0.717) is 19.1 Å². The van der Waals surface area contributed by atoms with Crippen LogP contribution in [0.25, 0.3) is 0 Å². The topological polar surface area (TPSA) is 41.6 Å². The summed E-state index contributed by atoms with van der Waals surface area (Å²) in [5.41, 5.74) is 0. The Morgan fingerprint density at radius 1 is 1.40 bits per heavy atom. The van der Waals surface area contributed by atoms with Gasteiger partial charge in [-0.15, -0.1) is 0 Å². The lowest BCUT2D eigenvalue weighted by molar-refractivity contribution is 0.0532. The molecule has 0 radical (unpaired) electrons. The van der Waals surface area contributed by atoms with Crippen LogP contribution in [0, 0.1) is 5.92 Å². The molecule has 1 N–H and O–H groups in total. The molecule has 1 heterocycles. The summed E-state index contributed by atoms with van der Waals surface area (Å²) >= 11 is 0. The van der Waals surface area contributed by atoms with Crippen molar-refractivity contribution in [2.75, 3.05) is 32.8 Å². The normalized spacial score (nSPS) is 16.9. The summed E-state index contributed by atoms with van der Waals surface area (Å²) in [7, 11) is 0. The minimum absolute atomic E-state index is 0.0575. The van der Waals surface area contributed by atoms with Gasteiger partial charge < -0.3 is 15.0 Å². The molecule has 1 aliphatic rings. The summed E-state index contributed by atoms with van der Waals surface area (Å²) < 4.78 is 5.19. The number of ether oxygens (including phenoxy) is 1. The maximum atomic E-state index is 11.6. The third-order valence-electron chi connectivity index (χ3n) is 2.53. The summed E-state index contributed by atoms with van der Waals surface area (Å²) in [5, 5.41) is 2.94. The first-order chi connectivity index (χ1) is 7.20. The number of morpholine rings is 1. The van der Waals surface area contributed by atoms with Gasteiger partial charge in [0.25, 0.3) is 0 Å². The zero-order chi connectivity index (χ0) is 11.1. The van der Waals surface area contributed by atoms with Gasteiger partial charge in [0.1, 0.15) is 0 Å². The summed E-state index contributed by atoms with van der Waals surface area (Å²) in [6.45, 7) is 7.95. The number of carbonyl (C=O) groups is 1. The van der Waals surface area contributed by atoms with Gasteiger partial charge in [-0.1, -0.05) is 13.8 Å². The maximum Gasteiger partial charge on any atom is 0.317 e. The highest BCUT2D eigenvalue weighted by Gasteiger charge is 2.15. The van der Waals surface area contributed by atoms with Crippen LogP contribution in [0.3, 0.4) is 0 Å². The second-order valence-electron chi connectivity index (χ2n) is 4.37. The molecule has 0 bridgehead atoms. The predicted molar refractivity (Wildman–Crippen MR) is 59.9 cm³/mol. The fourth-order valence-electron chi connectivity index (χ4n) is 1.58. The molecule has 1 saturated heterocycles. The Balaban J connectivity index is 2.07. The Bertz CT molecular complexity index is 189. The summed E-state index contributed by atoms with van der Waals surface area (Å²) in [5.74, 6) is 0.713. The molecular formula is C11H22N2O2. The molecule has 0 aromatic heterocycles. The standard InChI is InChI=1S/C11H22N2O2/c1-10(2)4-3-5-12-11(14)13-6-8-15-9-7-13/h10H,3-9H2,1-2H3,(H,12,14). The van der Waals surface area contributed by atoms with Crippen LogP contribution in [0.4, 0.5) is 4.79 Å². The molecule has 1 fully saturated rings. The average molecular weight is 214 g/mol. The molecule has 4 heteroatoms. The van der Waals surface area contributed by atoms with Crippen LogP contribution in [0.2, 0.25) is 0 Å². The molecular weight excluding hydrogens is 192 g/mol. The second kappa shape index (κ2) is 6.67. The molecule has 0 unspecified atom stereocenters. The molecule has 0 spiro atoms. The lowest BCUT2D eigenvalue weighted by Gasteiger charge is -2.26. The van der Waals surface area contributed by atoms with E-state index in [1.807, 2.05) is 4.90 Å². The van der Waals surface area contributed by atoms with E-state index in [2.05, 4.69) is 19.2 Å². The van der Waals surface area contributed by atoms with E-state index >= 15 is 0 Å². The van der Waals surface area contributed by atoms with Crippen molar-refractivity contribution < 1.29 is 9.53 Å². The fourth-order valence-corrected chi connectivity index (χ4v) is 1.58. The van der Waals surface area contributed by atoms with Crippen molar-refractivity contribution >= 4 is 6.03 Å². The highest BCUT2D eigenvalue weighted by Crippen LogP contribution is 2.02. The highest BCUT2D eigenvalue weighted by atomic mass is 16.5. The minimum Gasteiger partial charge on any atom is -0.378 e. The quantitative estimate of drug-likeness (QED) is 0.720. The van der Waals surface area contributed by atoms with Crippen molar-refractivity contribution in [2.24, 2.45) is 5.92 Å². The fraction of sp³-hybridized carbons (Fsp3) is 0.909. The summed E-state index contributed by atoms with van der Waals surface area (Å²) in [4.78, 5) is 13.4. The van der Waals surface area contributed by atoms with Gasteiger partial charge in [-0.3, -0.25) is 0 Å². The van der Waals surface area contributed by atoms with Gasteiger partial charge in [0.15, 0.2) is 0 Å². The van der Waals surface area contributed by atoms with E-state index in [1.165, 1.54) is 6.42 Å². The van der Waals surface area contributed by atoms with Crippen LogP contribution in [0.5, 0.6) is 0 Å². The molecule has 1 aliphatic heterocycles. The van der Waals surface area contributed by atoms with Crippen molar-refractivity contribution in [1.29, 1.82) is 0 Å². The van der Waals surface area contributed by atoms with E-state index in [9.17, 15) is 4.79 Å². The molecule has 4 nitrogen and oxygen atoms in total. The third kappa shape index (κ3) is 5.02. The summed E-state index contributed by atoms with van der Waals surface area (Å²) in [6, 6.07) is 0.0575. The SMILES string of the molecule is CC(C)CCCNC(=O)N1CCOCC1. The van der Waals surface area contributed by atoms with Crippen molar-refractivity contribution in [2.45, 2.75) is 26.7 Å². The second-order valence-corrected chi connectivity index (χ2v) is 4.37. The number of rotatable bonds is 4. The maximum absolute atomic E-state index is 11.6. The van der Waals surface area contributed by atoms with Crippen molar-refractivity contribution in [3.05, 3.63) is 0 Å². The molecule has 0 aromatic rings. The number of carbonyl (C=O) groups excluding carboxylic acids is 1. The van der Waals surface area contributed by atoms with Crippen LogP contribution in [-0.2, 0) is 4.74 Å². The number of nitrogens with one attached hydrogen (secondary N) is 1. The van der Waals surface area contributed by atoms with E-state index in [1.54, 1.807) is 0 Å². The van der Waals surface area contributed by atoms with Gasteiger partial charge in [0.05, 0.1) is 13.2 Å². The van der Waals surface area contributed by atoms with Gasteiger partial charge in [0.2, 0.25) is 0 Å². The zero-order valence-electron chi connectivity index (χ0n) is 9.79. The Morgan fingerprint density at radius 3 is 2.67 bits per heavy atom. The first kappa shape index (κ1) is 12.3. The van der Waals surface area contributed by atoms with E-state index in [4.69, 9.17) is 4.74 Å². The molecule has 0 aliphatic carbocycles. The van der Waals surface area contributed by atoms with Gasteiger partial charge >= 0.3 is 6.03 Å². The number of hydrogen-bond acceptors (Lipinski definition) is 2. The van der Waals surface area contributed by atoms with Crippen LogP contribution in [-0.4, -0.2) is 43.8 Å². The number of nitrogens with zero attached hydrogens (tertiary/aromatic N) is 1. The summed E-state index contributed by atoms with van der Waals surface area (Å²) in [6.07, 6.45) is 2.23. The van der Waals surface area contributed by atoms with Gasteiger partial charge in [-0.25, -0.2) is 4.79 Å². The Kier molecular flexibility index (Phi) is 5.47. The molecule has 15 heavy (non-hydrogen) atoms. The zero-order valence-corrected chi connectivity index (χ0v) is 9.79. The number of hydrogen-bond donors (Lipinski definition) is 1. The molecule has 0 atom stereocenters. The van der Waals surface area contributed by atoms with E-state index in [-0.39, 0.29) is 6.03 Å². The Labute approximate surface area is 92.0 Å². The van der Waals surface area contributed by atoms with Crippen molar-refractivity contribution in [3.8, 4) is 0 Å². The molecule has 88 valence electrons. The molecule has 0 saturated carbocycles. The van der Waals surface area contributed by atoms with Crippen molar-refractivity contribution in [1.82, 2.24) is 10.2 Å².